The molecule has 9 heteroatoms. The van der Waals surface area contributed by atoms with Gasteiger partial charge < -0.3 is 0 Å². The van der Waals surface area contributed by atoms with Crippen LogP contribution in [0.25, 0.3) is 5.69 Å². The second-order valence-corrected chi connectivity index (χ2v) is 7.62. The number of benzene rings is 2. The molecule has 2 aromatic carbocycles. The molecule has 3 aromatic rings. The highest BCUT2D eigenvalue weighted by Crippen LogP contribution is 2.36. The molecule has 4 rings (SSSR count). The first-order chi connectivity index (χ1) is 14.8. The molecule has 5 nitrogen and oxygen atoms in total. The molecule has 1 aliphatic carbocycles. The van der Waals surface area contributed by atoms with Crippen molar-refractivity contribution in [3.05, 3.63) is 81.6 Å². The van der Waals surface area contributed by atoms with Crippen molar-refractivity contribution in [3.63, 3.8) is 0 Å². The highest BCUT2D eigenvalue weighted by molar-refractivity contribution is 6.30. The molecular weight excluding hydrogens is 429 g/mol. The van der Waals surface area contributed by atoms with Crippen molar-refractivity contribution in [1.29, 1.82) is 0 Å². The summed E-state index contributed by atoms with van der Waals surface area (Å²) in [7, 11) is 0. The molecule has 1 aromatic heterocycles. The van der Waals surface area contributed by atoms with Gasteiger partial charge in [-0.1, -0.05) is 23.7 Å². The lowest BCUT2D eigenvalue weighted by Crippen LogP contribution is -2.17. The predicted octanol–water partition coefficient (Wildman–Crippen LogP) is 5.19. The zero-order valence-electron chi connectivity index (χ0n) is 16.3. The van der Waals surface area contributed by atoms with Crippen LogP contribution in [0.3, 0.4) is 0 Å². The summed E-state index contributed by atoms with van der Waals surface area (Å²) in [6.45, 7) is 0. The number of halogens is 4. The van der Waals surface area contributed by atoms with Gasteiger partial charge in [-0.25, -0.2) is 10.1 Å². The van der Waals surface area contributed by atoms with E-state index in [1.165, 1.54) is 23.0 Å². The van der Waals surface area contributed by atoms with Crippen molar-refractivity contribution in [3.8, 4) is 5.69 Å². The number of nitrogens with zero attached hydrogens (tertiary/aromatic N) is 3. The number of hydrazone groups is 1. The third kappa shape index (κ3) is 4.64. The molecule has 0 aliphatic heterocycles. The van der Waals surface area contributed by atoms with Gasteiger partial charge in [0.05, 0.1) is 11.9 Å². The first-order valence-corrected chi connectivity index (χ1v) is 10.1. The van der Waals surface area contributed by atoms with Gasteiger partial charge in [-0.05, 0) is 67.6 Å². The van der Waals surface area contributed by atoms with E-state index in [0.717, 1.165) is 18.4 Å². The van der Waals surface area contributed by atoms with Crippen molar-refractivity contribution in [1.82, 2.24) is 15.2 Å². The fourth-order valence-corrected chi connectivity index (χ4v) is 3.70. The maximum atomic E-state index is 13.4. The first kappa shape index (κ1) is 21.1. The number of fused-ring (bicyclic) bond motifs is 1. The van der Waals surface area contributed by atoms with Gasteiger partial charge in [-0.3, -0.25) is 4.79 Å². The van der Waals surface area contributed by atoms with E-state index in [9.17, 15) is 18.0 Å². The van der Waals surface area contributed by atoms with Crippen LogP contribution in [0.5, 0.6) is 0 Å². The van der Waals surface area contributed by atoms with Crippen molar-refractivity contribution in [2.45, 2.75) is 31.9 Å². The van der Waals surface area contributed by atoms with Crippen LogP contribution in [-0.2, 0) is 19.0 Å². The van der Waals surface area contributed by atoms with Crippen molar-refractivity contribution in [2.75, 3.05) is 0 Å². The number of nitrogens with one attached hydrogen (secondary N) is 1. The SMILES string of the molecule is O=C(NN=Cc1ccc(Cl)cc1)c1ccc(-n2nc(C(F)(F)F)c3c2CCCC3)cc1. The smallest absolute Gasteiger partial charge is 0.267 e. The number of carbonyl (C=O) groups excluding carboxylic acids is 1. The molecule has 0 radical (unpaired) electrons. The molecule has 1 N–H and O–H groups in total. The second kappa shape index (κ2) is 8.55. The van der Waals surface area contributed by atoms with Gasteiger partial charge in [0.1, 0.15) is 0 Å². The number of amides is 1. The van der Waals surface area contributed by atoms with E-state index in [4.69, 9.17) is 11.6 Å². The van der Waals surface area contributed by atoms with Crippen molar-refractivity contribution >= 4 is 23.7 Å². The summed E-state index contributed by atoms with van der Waals surface area (Å²) in [6, 6.07) is 13.2. The molecule has 1 heterocycles. The van der Waals surface area contributed by atoms with Crippen LogP contribution in [0.2, 0.25) is 5.02 Å². The Morgan fingerprint density at radius 3 is 2.42 bits per heavy atom. The Hall–Kier alpha value is -3.13. The average molecular weight is 447 g/mol. The minimum absolute atomic E-state index is 0.275. The van der Waals surface area contributed by atoms with E-state index < -0.39 is 17.8 Å². The molecule has 0 saturated carbocycles. The summed E-state index contributed by atoms with van der Waals surface area (Å²) in [6.07, 6.45) is -0.554. The monoisotopic (exact) mass is 446 g/mol. The summed E-state index contributed by atoms with van der Waals surface area (Å²) < 4.78 is 41.5. The Morgan fingerprint density at radius 2 is 1.74 bits per heavy atom. The van der Waals surface area contributed by atoms with Crippen LogP contribution in [0.4, 0.5) is 13.2 Å². The molecule has 0 saturated heterocycles. The molecule has 0 bridgehead atoms. The van der Waals surface area contributed by atoms with Gasteiger partial charge in [-0.15, -0.1) is 0 Å². The Bertz CT molecular complexity index is 1120. The molecule has 0 fully saturated rings. The Kier molecular flexibility index (Phi) is 5.82. The summed E-state index contributed by atoms with van der Waals surface area (Å²) in [5.74, 6) is -0.435. The number of aromatic nitrogens is 2. The number of alkyl halides is 3. The third-order valence-corrected chi connectivity index (χ3v) is 5.32. The van der Waals surface area contributed by atoms with Crippen LogP contribution < -0.4 is 5.43 Å². The molecule has 31 heavy (non-hydrogen) atoms. The Morgan fingerprint density at radius 1 is 1.06 bits per heavy atom. The van der Waals surface area contributed by atoms with Gasteiger partial charge >= 0.3 is 6.18 Å². The minimum atomic E-state index is -4.49. The largest absolute Gasteiger partial charge is 0.435 e. The molecule has 1 aliphatic rings. The van der Waals surface area contributed by atoms with Crippen molar-refractivity contribution in [2.24, 2.45) is 5.10 Å². The van der Waals surface area contributed by atoms with Crippen LogP contribution in [0.15, 0.2) is 53.6 Å². The van der Waals surface area contributed by atoms with Gasteiger partial charge in [0, 0.05) is 21.8 Å². The normalized spacial score (nSPS) is 13.9. The molecule has 1 amide bonds. The van der Waals surface area contributed by atoms with Crippen LogP contribution in [0.1, 0.15) is 45.7 Å². The standard InChI is InChI=1S/C22H18ClF3N4O/c23-16-9-5-14(6-10-16)13-27-28-21(31)15-7-11-17(12-8-15)30-19-4-2-1-3-18(19)20(29-30)22(24,25)26/h5-13H,1-4H2,(H,28,31). The van der Waals surface area contributed by atoms with Gasteiger partial charge in [0.15, 0.2) is 5.69 Å². The minimum Gasteiger partial charge on any atom is -0.267 e. The van der Waals surface area contributed by atoms with Crippen molar-refractivity contribution < 1.29 is 18.0 Å². The van der Waals surface area contributed by atoms with Gasteiger partial charge in [-0.2, -0.15) is 23.4 Å². The Balaban J connectivity index is 1.51. The third-order valence-electron chi connectivity index (χ3n) is 5.07. The van der Waals surface area contributed by atoms with E-state index in [0.29, 0.717) is 34.8 Å². The second-order valence-electron chi connectivity index (χ2n) is 7.19. The summed E-state index contributed by atoms with van der Waals surface area (Å²) in [4.78, 5) is 12.3. The van der Waals surface area contributed by atoms with Gasteiger partial charge in [0.2, 0.25) is 0 Å². The Labute approximate surface area is 181 Å². The lowest BCUT2D eigenvalue weighted by atomic mass is 9.95. The maximum Gasteiger partial charge on any atom is 0.435 e. The number of hydrogen-bond acceptors (Lipinski definition) is 3. The molecule has 160 valence electrons. The van der Waals surface area contributed by atoms with Crippen LogP contribution in [0, 0.1) is 0 Å². The van der Waals surface area contributed by atoms with Gasteiger partial charge in [0.25, 0.3) is 5.91 Å². The lowest BCUT2D eigenvalue weighted by Gasteiger charge is -2.14. The zero-order chi connectivity index (χ0) is 22.0. The number of carbonyl (C=O) groups is 1. The molecular formula is C22H18ClF3N4O. The topological polar surface area (TPSA) is 59.3 Å². The fraction of sp³-hybridized carbons (Fsp3) is 0.227. The lowest BCUT2D eigenvalue weighted by molar-refractivity contribution is -0.142. The highest BCUT2D eigenvalue weighted by atomic mass is 35.5. The zero-order valence-corrected chi connectivity index (χ0v) is 17.0. The summed E-state index contributed by atoms with van der Waals surface area (Å²) in [5, 5.41) is 8.36. The highest BCUT2D eigenvalue weighted by Gasteiger charge is 2.39. The van der Waals surface area contributed by atoms with E-state index in [2.05, 4.69) is 15.6 Å². The molecule has 0 atom stereocenters. The molecule has 0 unspecified atom stereocenters. The van der Waals surface area contributed by atoms with Crippen LogP contribution >= 0.6 is 11.6 Å². The van der Waals surface area contributed by atoms with E-state index in [1.54, 1.807) is 36.4 Å². The van der Waals surface area contributed by atoms with E-state index in [1.807, 2.05) is 0 Å². The quantitative estimate of drug-likeness (QED) is 0.443. The number of rotatable bonds is 4. The summed E-state index contributed by atoms with van der Waals surface area (Å²) >= 11 is 5.82. The fourth-order valence-electron chi connectivity index (χ4n) is 3.57. The summed E-state index contributed by atoms with van der Waals surface area (Å²) in [5.41, 5.74) is 4.04. The number of hydrogen-bond donors (Lipinski definition) is 1. The maximum absolute atomic E-state index is 13.4. The molecule has 0 spiro atoms. The van der Waals surface area contributed by atoms with E-state index in [-0.39, 0.29) is 5.56 Å². The van der Waals surface area contributed by atoms with E-state index >= 15 is 0 Å². The first-order valence-electron chi connectivity index (χ1n) is 9.70. The van der Waals surface area contributed by atoms with Crippen LogP contribution in [-0.4, -0.2) is 21.9 Å². The average Bonchev–Trinajstić information content (AvgIpc) is 3.15. The predicted molar refractivity (Wildman–Crippen MR) is 112 cm³/mol.